The standard InChI is InChI=1S/C22H24BrFN4O2S/c1-4-15-6-9-17(10-7-15)30-14(3)21-26-27-22(28(21)5-2)31-13-20(29)25-19-11-8-16(23)12-18(19)24/h6-12,14H,4-5,13H2,1-3H3,(H,25,29)/t14-/m1/s1. The molecule has 1 heterocycles. The van der Waals surface area contributed by atoms with E-state index in [1.54, 1.807) is 6.07 Å². The fourth-order valence-corrected chi connectivity index (χ4v) is 4.12. The maximum Gasteiger partial charge on any atom is 0.234 e. The first-order chi connectivity index (χ1) is 14.9. The summed E-state index contributed by atoms with van der Waals surface area (Å²) in [6.45, 7) is 6.64. The molecule has 1 amide bonds. The van der Waals surface area contributed by atoms with Crippen molar-refractivity contribution in [3.05, 3.63) is 64.1 Å². The number of hydrogen-bond acceptors (Lipinski definition) is 5. The van der Waals surface area contributed by atoms with E-state index in [0.717, 1.165) is 12.2 Å². The second-order valence-electron chi connectivity index (χ2n) is 6.80. The number of aryl methyl sites for hydroxylation is 1. The van der Waals surface area contributed by atoms with E-state index in [-0.39, 0.29) is 23.5 Å². The van der Waals surface area contributed by atoms with E-state index in [9.17, 15) is 9.18 Å². The van der Waals surface area contributed by atoms with Crippen molar-refractivity contribution in [3.63, 3.8) is 0 Å². The van der Waals surface area contributed by atoms with Crippen LogP contribution >= 0.6 is 27.7 Å². The third kappa shape index (κ3) is 6.07. The van der Waals surface area contributed by atoms with Gasteiger partial charge in [-0.1, -0.05) is 46.7 Å². The van der Waals surface area contributed by atoms with Crippen molar-refractivity contribution in [2.75, 3.05) is 11.1 Å². The van der Waals surface area contributed by atoms with Gasteiger partial charge in [-0.05, 0) is 56.2 Å². The number of nitrogens with zero attached hydrogens (tertiary/aromatic N) is 3. The van der Waals surface area contributed by atoms with Gasteiger partial charge in [0.25, 0.3) is 0 Å². The zero-order valence-electron chi connectivity index (χ0n) is 17.6. The number of anilines is 1. The van der Waals surface area contributed by atoms with Gasteiger partial charge in [0.1, 0.15) is 11.6 Å². The summed E-state index contributed by atoms with van der Waals surface area (Å²) in [5, 5.41) is 11.7. The van der Waals surface area contributed by atoms with Crippen LogP contribution < -0.4 is 10.1 Å². The SMILES string of the molecule is CCc1ccc(O[C@H](C)c2nnc(SCC(=O)Nc3ccc(Br)cc3F)n2CC)cc1. The van der Waals surface area contributed by atoms with Gasteiger partial charge >= 0.3 is 0 Å². The first-order valence-corrected chi connectivity index (χ1v) is 11.8. The molecule has 0 unspecified atom stereocenters. The topological polar surface area (TPSA) is 69.0 Å². The van der Waals surface area contributed by atoms with Crippen molar-refractivity contribution >= 4 is 39.3 Å². The molecule has 1 aromatic heterocycles. The summed E-state index contributed by atoms with van der Waals surface area (Å²) in [6.07, 6.45) is 0.669. The molecule has 9 heteroatoms. The highest BCUT2D eigenvalue weighted by Gasteiger charge is 2.19. The first kappa shape index (κ1) is 23.3. The average Bonchev–Trinajstić information content (AvgIpc) is 3.18. The maximum atomic E-state index is 13.9. The molecule has 0 bridgehead atoms. The number of thioether (sulfide) groups is 1. The summed E-state index contributed by atoms with van der Waals surface area (Å²) >= 11 is 4.44. The van der Waals surface area contributed by atoms with Crippen molar-refractivity contribution in [1.29, 1.82) is 0 Å². The van der Waals surface area contributed by atoms with Gasteiger partial charge < -0.3 is 14.6 Å². The summed E-state index contributed by atoms with van der Waals surface area (Å²) in [5.41, 5.74) is 1.39. The smallest absolute Gasteiger partial charge is 0.234 e. The molecule has 1 N–H and O–H groups in total. The number of carbonyl (C=O) groups is 1. The van der Waals surface area contributed by atoms with Crippen LogP contribution in [-0.4, -0.2) is 26.4 Å². The van der Waals surface area contributed by atoms with Crippen LogP contribution in [-0.2, 0) is 17.8 Å². The Morgan fingerprint density at radius 2 is 1.97 bits per heavy atom. The molecule has 0 saturated heterocycles. The molecule has 0 aliphatic heterocycles. The number of carbonyl (C=O) groups excluding carboxylic acids is 1. The van der Waals surface area contributed by atoms with Crippen molar-refractivity contribution in [2.45, 2.75) is 45.0 Å². The van der Waals surface area contributed by atoms with Crippen LogP contribution in [0, 0.1) is 5.82 Å². The largest absolute Gasteiger partial charge is 0.483 e. The van der Waals surface area contributed by atoms with Crippen molar-refractivity contribution in [3.8, 4) is 5.75 Å². The van der Waals surface area contributed by atoms with Crippen LogP contribution in [0.3, 0.4) is 0 Å². The van der Waals surface area contributed by atoms with Crippen molar-refractivity contribution < 1.29 is 13.9 Å². The van der Waals surface area contributed by atoms with E-state index in [1.165, 1.54) is 29.5 Å². The third-order valence-corrected chi connectivity index (χ3v) is 6.07. The second kappa shape index (κ2) is 10.8. The van der Waals surface area contributed by atoms with E-state index in [2.05, 4.69) is 38.4 Å². The van der Waals surface area contributed by atoms with Gasteiger partial charge in [0.05, 0.1) is 11.4 Å². The van der Waals surface area contributed by atoms with Crippen LogP contribution in [0.5, 0.6) is 5.75 Å². The Balaban J connectivity index is 1.62. The first-order valence-electron chi connectivity index (χ1n) is 9.97. The Bertz CT molecular complexity index is 1040. The lowest BCUT2D eigenvalue weighted by Gasteiger charge is -2.16. The Hall–Kier alpha value is -2.39. The molecule has 31 heavy (non-hydrogen) atoms. The lowest BCUT2D eigenvalue weighted by molar-refractivity contribution is -0.113. The minimum absolute atomic E-state index is 0.0847. The van der Waals surface area contributed by atoms with Crippen LogP contribution in [0.2, 0.25) is 0 Å². The monoisotopic (exact) mass is 506 g/mol. The predicted molar refractivity (Wildman–Crippen MR) is 124 cm³/mol. The summed E-state index contributed by atoms with van der Waals surface area (Å²) in [7, 11) is 0. The summed E-state index contributed by atoms with van der Waals surface area (Å²) < 4.78 is 22.5. The molecule has 0 aliphatic rings. The number of nitrogens with one attached hydrogen (secondary N) is 1. The molecule has 1 atom stereocenters. The van der Waals surface area contributed by atoms with Gasteiger partial charge in [-0.25, -0.2) is 4.39 Å². The molecule has 2 aromatic carbocycles. The normalized spacial score (nSPS) is 11.9. The van der Waals surface area contributed by atoms with Gasteiger partial charge in [-0.15, -0.1) is 10.2 Å². The number of hydrogen-bond donors (Lipinski definition) is 1. The highest BCUT2D eigenvalue weighted by Crippen LogP contribution is 2.25. The van der Waals surface area contributed by atoms with E-state index in [1.807, 2.05) is 42.7 Å². The number of rotatable bonds is 9. The van der Waals surface area contributed by atoms with Gasteiger partial charge in [0.2, 0.25) is 5.91 Å². The predicted octanol–water partition coefficient (Wildman–Crippen LogP) is 5.63. The molecule has 6 nitrogen and oxygen atoms in total. The van der Waals surface area contributed by atoms with Gasteiger partial charge in [-0.3, -0.25) is 4.79 Å². The van der Waals surface area contributed by atoms with Crippen molar-refractivity contribution in [2.24, 2.45) is 0 Å². The number of ether oxygens (including phenoxy) is 1. The fourth-order valence-electron chi connectivity index (χ4n) is 2.97. The lowest BCUT2D eigenvalue weighted by Crippen LogP contribution is -2.16. The highest BCUT2D eigenvalue weighted by atomic mass is 79.9. The molecule has 3 rings (SSSR count). The van der Waals surface area contributed by atoms with E-state index in [0.29, 0.717) is 22.0 Å². The summed E-state index contributed by atoms with van der Waals surface area (Å²) in [6, 6.07) is 12.5. The molecule has 0 fully saturated rings. The van der Waals surface area contributed by atoms with Gasteiger partial charge in [0.15, 0.2) is 17.1 Å². The van der Waals surface area contributed by atoms with Gasteiger partial charge in [-0.2, -0.15) is 0 Å². The minimum atomic E-state index is -0.496. The van der Waals surface area contributed by atoms with Crippen LogP contribution in [0.25, 0.3) is 0 Å². The lowest BCUT2D eigenvalue weighted by atomic mass is 10.2. The molecular formula is C22H24BrFN4O2S. The van der Waals surface area contributed by atoms with Crippen molar-refractivity contribution in [1.82, 2.24) is 14.8 Å². The molecule has 3 aromatic rings. The fraction of sp³-hybridized carbons (Fsp3) is 0.318. The van der Waals surface area contributed by atoms with Crippen LogP contribution in [0.15, 0.2) is 52.1 Å². The van der Waals surface area contributed by atoms with Crippen LogP contribution in [0.1, 0.15) is 38.3 Å². The number of benzene rings is 2. The third-order valence-electron chi connectivity index (χ3n) is 4.61. The maximum absolute atomic E-state index is 13.9. The minimum Gasteiger partial charge on any atom is -0.483 e. The molecular weight excluding hydrogens is 483 g/mol. The van der Waals surface area contributed by atoms with E-state index in [4.69, 9.17) is 4.74 Å². The Kier molecular flexibility index (Phi) is 8.09. The molecule has 0 saturated carbocycles. The van der Waals surface area contributed by atoms with Gasteiger partial charge in [0, 0.05) is 11.0 Å². The Morgan fingerprint density at radius 1 is 1.23 bits per heavy atom. The number of halogens is 2. The quantitative estimate of drug-likeness (QED) is 0.380. The zero-order valence-corrected chi connectivity index (χ0v) is 20.0. The molecule has 164 valence electrons. The molecule has 0 spiro atoms. The number of aromatic nitrogens is 3. The van der Waals surface area contributed by atoms with Crippen LogP contribution in [0.4, 0.5) is 10.1 Å². The van der Waals surface area contributed by atoms with E-state index < -0.39 is 5.82 Å². The molecule has 0 radical (unpaired) electrons. The van der Waals surface area contributed by atoms with E-state index >= 15 is 0 Å². The highest BCUT2D eigenvalue weighted by molar-refractivity contribution is 9.10. The zero-order chi connectivity index (χ0) is 22.4. The Labute approximate surface area is 193 Å². The summed E-state index contributed by atoms with van der Waals surface area (Å²) in [4.78, 5) is 12.3. The average molecular weight is 507 g/mol. The second-order valence-corrected chi connectivity index (χ2v) is 8.66. The Morgan fingerprint density at radius 3 is 2.61 bits per heavy atom. The summed E-state index contributed by atoms with van der Waals surface area (Å²) in [5.74, 6) is 0.717. The number of amides is 1. The molecule has 0 aliphatic carbocycles.